The van der Waals surface area contributed by atoms with Crippen molar-refractivity contribution < 1.29 is 4.74 Å². The number of H-pyrrole nitrogens is 1. The summed E-state index contributed by atoms with van der Waals surface area (Å²) < 4.78 is 9.28. The van der Waals surface area contributed by atoms with Gasteiger partial charge in [-0.25, -0.2) is 9.50 Å². The monoisotopic (exact) mass is 351 g/mol. The molecular formula is C18H21N7O. The van der Waals surface area contributed by atoms with E-state index in [1.54, 1.807) is 18.1 Å². The summed E-state index contributed by atoms with van der Waals surface area (Å²) in [5.74, 6) is 0.800. The number of hydrogen-bond acceptors (Lipinski definition) is 5. The van der Waals surface area contributed by atoms with Crippen LogP contribution < -0.4 is 10.1 Å². The van der Waals surface area contributed by atoms with E-state index in [1.165, 1.54) is 0 Å². The Labute approximate surface area is 150 Å². The Bertz CT molecular complexity index is 1000. The predicted octanol–water partition coefficient (Wildman–Crippen LogP) is 1.80. The number of hydrogen-bond donors (Lipinski definition) is 2. The predicted molar refractivity (Wildman–Crippen MR) is 97.9 cm³/mol. The molecule has 0 atom stereocenters. The van der Waals surface area contributed by atoms with Crippen molar-refractivity contribution in [1.82, 2.24) is 34.7 Å². The summed E-state index contributed by atoms with van der Waals surface area (Å²) in [6.45, 7) is 1.58. The largest absolute Gasteiger partial charge is 0.494 e. The average molecular weight is 351 g/mol. The van der Waals surface area contributed by atoms with Crippen LogP contribution in [0.15, 0.2) is 43.4 Å². The number of ether oxygens (including phenoxy) is 1. The van der Waals surface area contributed by atoms with Crippen LogP contribution >= 0.6 is 0 Å². The Morgan fingerprint density at radius 2 is 2.08 bits per heavy atom. The van der Waals surface area contributed by atoms with Crippen LogP contribution in [0.1, 0.15) is 11.3 Å². The Morgan fingerprint density at radius 1 is 1.15 bits per heavy atom. The van der Waals surface area contributed by atoms with Gasteiger partial charge in [-0.15, -0.1) is 0 Å². The number of methoxy groups -OCH3 is 1. The molecule has 4 heterocycles. The fourth-order valence-corrected chi connectivity index (χ4v) is 3.03. The van der Waals surface area contributed by atoms with Crippen LogP contribution in [0.5, 0.6) is 5.75 Å². The van der Waals surface area contributed by atoms with E-state index in [0.29, 0.717) is 0 Å². The van der Waals surface area contributed by atoms with E-state index in [4.69, 9.17) is 4.74 Å². The minimum atomic E-state index is 0.722. The summed E-state index contributed by atoms with van der Waals surface area (Å²) in [5.41, 5.74) is 5.25. The summed E-state index contributed by atoms with van der Waals surface area (Å²) in [7, 11) is 3.59. The molecule has 0 fully saturated rings. The smallest absolute Gasteiger partial charge is 0.145 e. The highest BCUT2D eigenvalue weighted by atomic mass is 16.5. The van der Waals surface area contributed by atoms with E-state index < -0.39 is 0 Å². The minimum Gasteiger partial charge on any atom is -0.494 e. The van der Waals surface area contributed by atoms with E-state index in [1.807, 2.05) is 48.6 Å². The number of fused-ring (bicyclic) bond motifs is 1. The summed E-state index contributed by atoms with van der Waals surface area (Å²) in [5, 5.41) is 12.2. The number of nitrogens with zero attached hydrogens (tertiary/aromatic N) is 5. The maximum absolute atomic E-state index is 5.63. The Morgan fingerprint density at radius 3 is 2.81 bits per heavy atom. The number of aromatic amines is 1. The second kappa shape index (κ2) is 7.01. The molecule has 8 nitrogen and oxygen atoms in total. The second-order valence-corrected chi connectivity index (χ2v) is 6.17. The number of nitrogens with one attached hydrogen (secondary N) is 2. The van der Waals surface area contributed by atoms with Crippen molar-refractivity contribution in [3.8, 4) is 16.9 Å². The van der Waals surface area contributed by atoms with Gasteiger partial charge in [-0.1, -0.05) is 0 Å². The van der Waals surface area contributed by atoms with Gasteiger partial charge >= 0.3 is 0 Å². The fraction of sp³-hybridized carbons (Fsp3) is 0.278. The molecule has 0 aromatic carbocycles. The molecule has 0 aliphatic heterocycles. The van der Waals surface area contributed by atoms with Crippen LogP contribution in [-0.4, -0.2) is 43.0 Å². The third-order valence-corrected chi connectivity index (χ3v) is 4.35. The lowest BCUT2D eigenvalue weighted by atomic mass is 10.1. The third-order valence-electron chi connectivity index (χ3n) is 4.35. The molecule has 0 aliphatic rings. The number of pyridine rings is 1. The van der Waals surface area contributed by atoms with E-state index in [0.717, 1.165) is 53.2 Å². The van der Waals surface area contributed by atoms with E-state index >= 15 is 0 Å². The molecule has 0 aliphatic carbocycles. The standard InChI is InChI=1S/C18H21N7O/c1-24-10-15(8-22-24)13-5-17(26-2)18-14(7-23-25(18)11-13)6-19-4-3-16-9-20-12-21-16/h5,7-12,19H,3-4,6H2,1-2H3,(H,20,21). The van der Waals surface area contributed by atoms with Crippen molar-refractivity contribution in [3.63, 3.8) is 0 Å². The van der Waals surface area contributed by atoms with Gasteiger partial charge < -0.3 is 15.0 Å². The second-order valence-electron chi connectivity index (χ2n) is 6.17. The first kappa shape index (κ1) is 16.3. The molecule has 4 aromatic heterocycles. The molecule has 2 N–H and O–H groups in total. The molecule has 4 aromatic rings. The molecule has 0 saturated carbocycles. The number of aromatic nitrogens is 6. The summed E-state index contributed by atoms with van der Waals surface area (Å²) in [4.78, 5) is 7.14. The van der Waals surface area contributed by atoms with Gasteiger partial charge in [0.15, 0.2) is 0 Å². The van der Waals surface area contributed by atoms with Crippen LogP contribution in [0.25, 0.3) is 16.6 Å². The number of rotatable bonds is 7. The summed E-state index contributed by atoms with van der Waals surface area (Å²) in [6.07, 6.45) is 12.1. The zero-order valence-corrected chi connectivity index (χ0v) is 14.8. The van der Waals surface area contributed by atoms with Crippen molar-refractivity contribution in [1.29, 1.82) is 0 Å². The topological polar surface area (TPSA) is 85.1 Å². The molecule has 4 rings (SSSR count). The van der Waals surface area contributed by atoms with Crippen LogP contribution in [-0.2, 0) is 20.0 Å². The molecule has 0 radical (unpaired) electrons. The lowest BCUT2D eigenvalue weighted by Gasteiger charge is -2.09. The van der Waals surface area contributed by atoms with Gasteiger partial charge in [0, 0.05) is 67.5 Å². The van der Waals surface area contributed by atoms with Gasteiger partial charge in [0.2, 0.25) is 0 Å². The summed E-state index contributed by atoms with van der Waals surface area (Å²) in [6, 6.07) is 2.03. The van der Waals surface area contributed by atoms with Gasteiger partial charge in [0.25, 0.3) is 0 Å². The van der Waals surface area contributed by atoms with Gasteiger partial charge in [-0.2, -0.15) is 10.2 Å². The quantitative estimate of drug-likeness (QED) is 0.496. The van der Waals surface area contributed by atoms with Crippen LogP contribution in [0.4, 0.5) is 0 Å². The molecule has 0 saturated heterocycles. The fourth-order valence-electron chi connectivity index (χ4n) is 3.03. The highest BCUT2D eigenvalue weighted by molar-refractivity contribution is 5.72. The molecule has 8 heteroatoms. The lowest BCUT2D eigenvalue weighted by molar-refractivity contribution is 0.417. The number of aryl methyl sites for hydroxylation is 1. The van der Waals surface area contributed by atoms with Crippen LogP contribution in [0.2, 0.25) is 0 Å². The van der Waals surface area contributed by atoms with Crippen molar-refractivity contribution in [2.75, 3.05) is 13.7 Å². The van der Waals surface area contributed by atoms with Gasteiger partial charge in [-0.3, -0.25) is 4.68 Å². The Kier molecular flexibility index (Phi) is 4.40. The normalized spacial score (nSPS) is 11.3. The van der Waals surface area contributed by atoms with E-state index in [-0.39, 0.29) is 0 Å². The van der Waals surface area contributed by atoms with Crippen LogP contribution in [0, 0.1) is 0 Å². The van der Waals surface area contributed by atoms with Crippen LogP contribution in [0.3, 0.4) is 0 Å². The van der Waals surface area contributed by atoms with Crippen molar-refractivity contribution in [2.45, 2.75) is 13.0 Å². The number of imidazole rings is 1. The Balaban J connectivity index is 1.54. The maximum Gasteiger partial charge on any atom is 0.145 e. The van der Waals surface area contributed by atoms with E-state index in [9.17, 15) is 0 Å². The van der Waals surface area contributed by atoms with Gasteiger partial charge in [0.1, 0.15) is 11.3 Å². The molecule has 0 unspecified atom stereocenters. The lowest BCUT2D eigenvalue weighted by Crippen LogP contribution is -2.16. The van der Waals surface area contributed by atoms with E-state index in [2.05, 4.69) is 25.5 Å². The zero-order valence-electron chi connectivity index (χ0n) is 14.8. The van der Waals surface area contributed by atoms with Crippen molar-refractivity contribution in [2.24, 2.45) is 7.05 Å². The molecule has 0 bridgehead atoms. The molecule has 0 spiro atoms. The first-order valence-electron chi connectivity index (χ1n) is 8.46. The zero-order chi connectivity index (χ0) is 17.9. The first-order valence-corrected chi connectivity index (χ1v) is 8.46. The first-order chi connectivity index (χ1) is 12.7. The average Bonchev–Trinajstić information content (AvgIpc) is 3.39. The van der Waals surface area contributed by atoms with Gasteiger partial charge in [0.05, 0.1) is 25.8 Å². The molecular weight excluding hydrogens is 330 g/mol. The summed E-state index contributed by atoms with van der Waals surface area (Å²) >= 11 is 0. The SMILES string of the molecule is COc1cc(-c2cnn(C)c2)cn2ncc(CNCCc3cnc[nH]3)c12. The maximum atomic E-state index is 5.63. The van der Waals surface area contributed by atoms with Gasteiger partial charge in [-0.05, 0) is 6.07 Å². The minimum absolute atomic E-state index is 0.722. The Hall–Kier alpha value is -3.13. The van der Waals surface area contributed by atoms with Crippen molar-refractivity contribution >= 4 is 5.52 Å². The highest BCUT2D eigenvalue weighted by Crippen LogP contribution is 2.29. The molecule has 0 amide bonds. The third kappa shape index (κ3) is 3.18. The highest BCUT2D eigenvalue weighted by Gasteiger charge is 2.13. The molecule has 134 valence electrons. The molecule has 26 heavy (non-hydrogen) atoms. The van der Waals surface area contributed by atoms with Crippen molar-refractivity contribution in [3.05, 3.63) is 54.6 Å².